The molecule has 2 heterocycles. The molecule has 106 valence electrons. The Kier molecular flexibility index (Phi) is 5.07. The van der Waals surface area contributed by atoms with E-state index in [-0.39, 0.29) is 0 Å². The number of alkyl halides is 1. The van der Waals surface area contributed by atoms with Crippen LogP contribution in [-0.2, 0) is 5.88 Å². The lowest BCUT2D eigenvalue weighted by Gasteiger charge is -2.22. The molecule has 4 nitrogen and oxygen atoms in total. The zero-order chi connectivity index (χ0) is 13.8. The standard InChI is InChI=1S/C13H21ClN4S/c1-4-17(7-5-6-16(2)3)12-11(10-14)18-8-9-19-13(18)15-12/h8-9H,4-7,10H2,1-3H3. The van der Waals surface area contributed by atoms with Crippen LogP contribution < -0.4 is 4.90 Å². The van der Waals surface area contributed by atoms with E-state index in [0.29, 0.717) is 5.88 Å². The predicted octanol–water partition coefficient (Wildman–Crippen LogP) is 2.91. The summed E-state index contributed by atoms with van der Waals surface area (Å²) >= 11 is 7.76. The predicted molar refractivity (Wildman–Crippen MR) is 83.7 cm³/mol. The number of rotatable bonds is 7. The van der Waals surface area contributed by atoms with E-state index in [0.717, 1.165) is 42.5 Å². The lowest BCUT2D eigenvalue weighted by Crippen LogP contribution is -2.28. The summed E-state index contributed by atoms with van der Waals surface area (Å²) in [6.45, 7) is 5.24. The van der Waals surface area contributed by atoms with Crippen molar-refractivity contribution in [2.45, 2.75) is 19.2 Å². The highest BCUT2D eigenvalue weighted by Gasteiger charge is 2.17. The number of aromatic nitrogens is 2. The molecule has 0 N–H and O–H groups in total. The summed E-state index contributed by atoms with van der Waals surface area (Å²) in [5.41, 5.74) is 1.10. The summed E-state index contributed by atoms with van der Waals surface area (Å²) in [7, 11) is 4.21. The van der Waals surface area contributed by atoms with Gasteiger partial charge in [-0.15, -0.1) is 22.9 Å². The number of thiazole rings is 1. The van der Waals surface area contributed by atoms with Crippen molar-refractivity contribution in [3.8, 4) is 0 Å². The minimum absolute atomic E-state index is 0.497. The van der Waals surface area contributed by atoms with Crippen LogP contribution in [-0.4, -0.2) is 48.0 Å². The summed E-state index contributed by atoms with van der Waals surface area (Å²) < 4.78 is 2.10. The van der Waals surface area contributed by atoms with E-state index in [4.69, 9.17) is 16.6 Å². The summed E-state index contributed by atoms with van der Waals surface area (Å²) in [5.74, 6) is 1.54. The number of hydrogen-bond acceptors (Lipinski definition) is 4. The molecule has 0 aliphatic carbocycles. The van der Waals surface area contributed by atoms with Crippen molar-refractivity contribution in [1.82, 2.24) is 14.3 Å². The van der Waals surface area contributed by atoms with Gasteiger partial charge in [-0.3, -0.25) is 4.40 Å². The van der Waals surface area contributed by atoms with Crippen molar-refractivity contribution < 1.29 is 0 Å². The van der Waals surface area contributed by atoms with Gasteiger partial charge in [0.25, 0.3) is 0 Å². The molecular formula is C13H21ClN4S. The van der Waals surface area contributed by atoms with Crippen molar-refractivity contribution >= 4 is 33.7 Å². The van der Waals surface area contributed by atoms with Gasteiger partial charge >= 0.3 is 0 Å². The Bertz CT molecular complexity index is 520. The van der Waals surface area contributed by atoms with E-state index < -0.39 is 0 Å². The van der Waals surface area contributed by atoms with Gasteiger partial charge in [-0.25, -0.2) is 4.98 Å². The highest BCUT2D eigenvalue weighted by molar-refractivity contribution is 7.15. The van der Waals surface area contributed by atoms with Crippen LogP contribution >= 0.6 is 22.9 Å². The quantitative estimate of drug-likeness (QED) is 0.735. The third-order valence-corrected chi connectivity index (χ3v) is 4.19. The second-order valence-electron chi connectivity index (χ2n) is 4.81. The average molecular weight is 301 g/mol. The fourth-order valence-corrected chi connectivity index (χ4v) is 3.17. The van der Waals surface area contributed by atoms with Crippen molar-refractivity contribution in [2.24, 2.45) is 0 Å². The number of halogens is 1. The molecule has 0 spiro atoms. The highest BCUT2D eigenvalue weighted by atomic mass is 35.5. The Labute approximate surface area is 123 Å². The Hall–Kier alpha value is -0.780. The van der Waals surface area contributed by atoms with Gasteiger partial charge in [0.2, 0.25) is 0 Å². The number of fused-ring (bicyclic) bond motifs is 1. The smallest absolute Gasteiger partial charge is 0.195 e. The highest BCUT2D eigenvalue weighted by Crippen LogP contribution is 2.26. The third kappa shape index (κ3) is 3.22. The second-order valence-corrected chi connectivity index (χ2v) is 5.95. The zero-order valence-corrected chi connectivity index (χ0v) is 13.3. The normalized spacial score (nSPS) is 11.6. The van der Waals surface area contributed by atoms with Gasteiger partial charge in [0, 0.05) is 24.7 Å². The van der Waals surface area contributed by atoms with Gasteiger partial charge in [-0.1, -0.05) is 0 Å². The minimum atomic E-state index is 0.497. The molecule has 2 rings (SSSR count). The Balaban J connectivity index is 2.17. The topological polar surface area (TPSA) is 23.8 Å². The van der Waals surface area contributed by atoms with E-state index in [1.165, 1.54) is 0 Å². The van der Waals surface area contributed by atoms with E-state index in [1.807, 2.05) is 11.6 Å². The zero-order valence-electron chi connectivity index (χ0n) is 11.8. The van der Waals surface area contributed by atoms with E-state index in [1.54, 1.807) is 11.3 Å². The maximum Gasteiger partial charge on any atom is 0.195 e. The Morgan fingerprint density at radius 2 is 2.16 bits per heavy atom. The third-order valence-electron chi connectivity index (χ3n) is 3.18. The Morgan fingerprint density at radius 3 is 2.79 bits per heavy atom. The van der Waals surface area contributed by atoms with Crippen molar-refractivity contribution in [3.05, 3.63) is 17.3 Å². The molecule has 0 aromatic carbocycles. The van der Waals surface area contributed by atoms with Crippen LogP contribution in [0, 0.1) is 0 Å². The monoisotopic (exact) mass is 300 g/mol. The largest absolute Gasteiger partial charge is 0.355 e. The van der Waals surface area contributed by atoms with Gasteiger partial charge < -0.3 is 9.80 Å². The molecule has 0 aliphatic rings. The SMILES string of the molecule is CCN(CCCN(C)C)c1nc2sccn2c1CCl. The molecule has 0 atom stereocenters. The first-order chi connectivity index (χ1) is 9.17. The van der Waals surface area contributed by atoms with Crippen LogP contribution in [0.4, 0.5) is 5.82 Å². The van der Waals surface area contributed by atoms with Crippen LogP contribution in [0.2, 0.25) is 0 Å². The maximum absolute atomic E-state index is 6.10. The first kappa shape index (κ1) is 14.6. The van der Waals surface area contributed by atoms with Gasteiger partial charge in [0.05, 0.1) is 11.6 Å². The van der Waals surface area contributed by atoms with Crippen molar-refractivity contribution in [3.63, 3.8) is 0 Å². The summed E-state index contributed by atoms with van der Waals surface area (Å²) in [6.07, 6.45) is 3.18. The molecule has 0 aliphatic heterocycles. The average Bonchev–Trinajstić information content (AvgIpc) is 2.94. The fraction of sp³-hybridized carbons (Fsp3) is 0.615. The first-order valence-corrected chi connectivity index (χ1v) is 7.98. The lowest BCUT2D eigenvalue weighted by molar-refractivity contribution is 0.400. The molecule has 0 saturated heterocycles. The minimum Gasteiger partial charge on any atom is -0.355 e. The van der Waals surface area contributed by atoms with Gasteiger partial charge in [0.15, 0.2) is 10.8 Å². The molecule has 2 aromatic rings. The van der Waals surface area contributed by atoms with E-state index >= 15 is 0 Å². The van der Waals surface area contributed by atoms with Crippen LogP contribution in [0.5, 0.6) is 0 Å². The van der Waals surface area contributed by atoms with Gasteiger partial charge in [-0.2, -0.15) is 0 Å². The number of hydrogen-bond donors (Lipinski definition) is 0. The molecule has 0 fully saturated rings. The van der Waals surface area contributed by atoms with Crippen LogP contribution in [0.15, 0.2) is 11.6 Å². The number of imidazole rings is 1. The van der Waals surface area contributed by atoms with Gasteiger partial charge in [0.1, 0.15) is 0 Å². The molecule has 0 amide bonds. The van der Waals surface area contributed by atoms with Gasteiger partial charge in [-0.05, 0) is 34.0 Å². The molecule has 19 heavy (non-hydrogen) atoms. The van der Waals surface area contributed by atoms with Crippen LogP contribution in [0.25, 0.3) is 4.96 Å². The number of anilines is 1. The maximum atomic E-state index is 6.10. The van der Waals surface area contributed by atoms with E-state index in [2.05, 4.69) is 35.2 Å². The Morgan fingerprint density at radius 1 is 1.37 bits per heavy atom. The van der Waals surface area contributed by atoms with Crippen molar-refractivity contribution in [1.29, 1.82) is 0 Å². The molecule has 0 unspecified atom stereocenters. The number of nitrogens with zero attached hydrogens (tertiary/aromatic N) is 4. The van der Waals surface area contributed by atoms with E-state index in [9.17, 15) is 0 Å². The summed E-state index contributed by atoms with van der Waals surface area (Å²) in [4.78, 5) is 10.3. The molecule has 6 heteroatoms. The fourth-order valence-electron chi connectivity index (χ4n) is 2.19. The molecule has 0 radical (unpaired) electrons. The second kappa shape index (κ2) is 6.59. The first-order valence-electron chi connectivity index (χ1n) is 6.57. The summed E-state index contributed by atoms with van der Waals surface area (Å²) in [6, 6.07) is 0. The lowest BCUT2D eigenvalue weighted by atomic mass is 10.3. The van der Waals surface area contributed by atoms with Crippen LogP contribution in [0.3, 0.4) is 0 Å². The van der Waals surface area contributed by atoms with Crippen molar-refractivity contribution in [2.75, 3.05) is 38.6 Å². The van der Waals surface area contributed by atoms with Crippen LogP contribution in [0.1, 0.15) is 19.0 Å². The summed E-state index contributed by atoms with van der Waals surface area (Å²) in [5, 5.41) is 2.05. The molecular weight excluding hydrogens is 280 g/mol. The molecule has 0 bridgehead atoms. The molecule has 0 saturated carbocycles. The molecule has 2 aromatic heterocycles.